The molecule has 0 aromatic rings. The number of hydrogen-bond donors (Lipinski definition) is 0. The molecular weight excluding hydrogens is 174 g/mol. The van der Waals surface area contributed by atoms with Gasteiger partial charge in [-0.1, -0.05) is 0 Å². The molecule has 12 heavy (non-hydrogen) atoms. The molecule has 0 radical (unpaired) electrons. The minimum atomic E-state index is -0.475. The van der Waals surface area contributed by atoms with E-state index in [4.69, 9.17) is 0 Å². The van der Waals surface area contributed by atoms with Gasteiger partial charge in [-0.25, -0.2) is 0 Å². The third-order valence-corrected chi connectivity index (χ3v) is 3.18. The molecule has 3 nitrogen and oxygen atoms in total. The Hall–Kier alpha value is -0.640. The van der Waals surface area contributed by atoms with E-state index < -0.39 is 5.92 Å². The van der Waals surface area contributed by atoms with Gasteiger partial charge in [0.25, 0.3) is 0 Å². The van der Waals surface area contributed by atoms with Gasteiger partial charge in [-0.05, 0) is 0 Å². The molecule has 0 aliphatic carbocycles. The fourth-order valence-electron chi connectivity index (χ4n) is 1.50. The highest BCUT2D eigenvalue weighted by Crippen LogP contribution is 2.27. The van der Waals surface area contributed by atoms with Crippen molar-refractivity contribution in [3.05, 3.63) is 0 Å². The average Bonchev–Trinajstić information content (AvgIpc) is 2.04. The van der Waals surface area contributed by atoms with E-state index in [1.54, 1.807) is 11.8 Å². The maximum atomic E-state index is 11.3. The molecule has 1 unspecified atom stereocenters. The summed E-state index contributed by atoms with van der Waals surface area (Å²) in [6.07, 6.45) is 0.973. The number of hydrogen-bond acceptors (Lipinski definition) is 4. The molecule has 0 spiro atoms. The van der Waals surface area contributed by atoms with Crippen LogP contribution in [0.5, 0.6) is 0 Å². The molecule has 0 aromatic heterocycles. The molecule has 2 aliphatic heterocycles. The summed E-state index contributed by atoms with van der Waals surface area (Å²) in [5, 5.41) is 0.766. The summed E-state index contributed by atoms with van der Waals surface area (Å²) in [6, 6.07) is 0. The Balaban J connectivity index is 2.31. The molecule has 2 aliphatic rings. The van der Waals surface area contributed by atoms with E-state index in [-0.39, 0.29) is 11.6 Å². The Labute approximate surface area is 74.6 Å². The van der Waals surface area contributed by atoms with Gasteiger partial charge in [0.15, 0.2) is 11.6 Å². The van der Waals surface area contributed by atoms with Gasteiger partial charge in [0, 0.05) is 25.1 Å². The monoisotopic (exact) mass is 183 g/mol. The molecule has 1 fully saturated rings. The normalized spacial score (nSPS) is 29.7. The predicted molar refractivity (Wildman–Crippen MR) is 47.5 cm³/mol. The second-order valence-electron chi connectivity index (χ2n) is 2.93. The predicted octanol–water partition coefficient (Wildman–Crippen LogP) is 0.680. The first-order valence-electron chi connectivity index (χ1n) is 4.01. The van der Waals surface area contributed by atoms with Crippen molar-refractivity contribution in [3.8, 4) is 0 Å². The van der Waals surface area contributed by atoms with Gasteiger partial charge in [-0.2, -0.15) is 0 Å². The summed E-state index contributed by atoms with van der Waals surface area (Å²) in [7, 11) is 0. The third kappa shape index (κ3) is 1.20. The Morgan fingerprint density at radius 3 is 2.75 bits per heavy atom. The Morgan fingerprint density at radius 1 is 1.25 bits per heavy atom. The lowest BCUT2D eigenvalue weighted by molar-refractivity contribution is -0.129. The van der Waals surface area contributed by atoms with Crippen LogP contribution in [0.4, 0.5) is 0 Å². The van der Waals surface area contributed by atoms with Crippen LogP contribution in [-0.2, 0) is 9.59 Å². The van der Waals surface area contributed by atoms with Crippen LogP contribution in [-0.4, -0.2) is 28.9 Å². The summed E-state index contributed by atoms with van der Waals surface area (Å²) in [6.45, 7) is 0.574. The second kappa shape index (κ2) is 3.01. The number of rotatable bonds is 0. The maximum Gasteiger partial charge on any atom is 0.151 e. The van der Waals surface area contributed by atoms with Crippen LogP contribution in [0.1, 0.15) is 12.8 Å². The van der Waals surface area contributed by atoms with Gasteiger partial charge in [-0.3, -0.25) is 14.6 Å². The smallest absolute Gasteiger partial charge is 0.151 e. The molecule has 2 rings (SSSR count). The van der Waals surface area contributed by atoms with Crippen LogP contribution in [0.25, 0.3) is 0 Å². The first-order chi connectivity index (χ1) is 5.79. The van der Waals surface area contributed by atoms with Gasteiger partial charge in [0.05, 0.1) is 5.04 Å². The molecule has 64 valence electrons. The van der Waals surface area contributed by atoms with Crippen LogP contribution in [0.2, 0.25) is 0 Å². The Kier molecular flexibility index (Phi) is 2.00. The molecule has 0 amide bonds. The lowest BCUT2D eigenvalue weighted by Gasteiger charge is -2.24. The molecule has 1 atom stereocenters. The highest BCUT2D eigenvalue weighted by atomic mass is 32.2. The van der Waals surface area contributed by atoms with E-state index in [2.05, 4.69) is 4.99 Å². The van der Waals surface area contributed by atoms with Crippen LogP contribution in [0.15, 0.2) is 4.99 Å². The SMILES string of the molecule is O=C1CCN=C2SCCC(=O)C12. The summed E-state index contributed by atoms with van der Waals surface area (Å²) in [4.78, 5) is 26.8. The molecule has 0 aromatic carbocycles. The zero-order valence-electron chi connectivity index (χ0n) is 6.58. The van der Waals surface area contributed by atoms with E-state index in [1.807, 2.05) is 0 Å². The van der Waals surface area contributed by atoms with Gasteiger partial charge in [0.2, 0.25) is 0 Å². The zero-order valence-corrected chi connectivity index (χ0v) is 7.39. The highest BCUT2D eigenvalue weighted by Gasteiger charge is 2.36. The minimum Gasteiger partial charge on any atom is -0.298 e. The molecular formula is C8H9NO2S. The lowest BCUT2D eigenvalue weighted by atomic mass is 9.94. The van der Waals surface area contributed by atoms with E-state index >= 15 is 0 Å². The maximum absolute atomic E-state index is 11.3. The van der Waals surface area contributed by atoms with Gasteiger partial charge < -0.3 is 0 Å². The van der Waals surface area contributed by atoms with Crippen molar-refractivity contribution in [1.29, 1.82) is 0 Å². The van der Waals surface area contributed by atoms with E-state index in [0.717, 1.165) is 10.8 Å². The Morgan fingerprint density at radius 2 is 2.00 bits per heavy atom. The van der Waals surface area contributed by atoms with Crippen molar-refractivity contribution >= 4 is 28.4 Å². The van der Waals surface area contributed by atoms with Gasteiger partial charge in [-0.15, -0.1) is 11.8 Å². The molecule has 4 heteroatoms. The molecule has 0 saturated carbocycles. The summed E-state index contributed by atoms with van der Waals surface area (Å²) in [5.74, 6) is 0.452. The fraction of sp³-hybridized carbons (Fsp3) is 0.625. The second-order valence-corrected chi connectivity index (χ2v) is 4.05. The first-order valence-corrected chi connectivity index (χ1v) is 5.00. The largest absolute Gasteiger partial charge is 0.298 e. The van der Waals surface area contributed by atoms with E-state index in [9.17, 15) is 9.59 Å². The first kappa shape index (κ1) is 7.98. The van der Waals surface area contributed by atoms with Crippen molar-refractivity contribution in [2.45, 2.75) is 12.8 Å². The number of fused-ring (bicyclic) bond motifs is 1. The van der Waals surface area contributed by atoms with Crippen LogP contribution in [0.3, 0.4) is 0 Å². The number of Topliss-reactive ketones (excluding diaryl/α,β-unsaturated/α-hetero) is 2. The van der Waals surface area contributed by atoms with Gasteiger partial charge in [0.1, 0.15) is 5.92 Å². The summed E-state index contributed by atoms with van der Waals surface area (Å²) in [5.41, 5.74) is 0. The standard InChI is InChI=1S/C8H9NO2S/c10-5-1-3-9-8-7(5)6(11)2-4-12-8/h7H,1-4H2. The molecule has 1 saturated heterocycles. The zero-order chi connectivity index (χ0) is 8.55. The molecule has 0 N–H and O–H groups in total. The van der Waals surface area contributed by atoms with Crippen molar-refractivity contribution in [3.63, 3.8) is 0 Å². The number of carbonyl (C=O) groups excluding carboxylic acids is 2. The van der Waals surface area contributed by atoms with Crippen molar-refractivity contribution in [2.24, 2.45) is 10.9 Å². The van der Waals surface area contributed by atoms with Crippen molar-refractivity contribution in [2.75, 3.05) is 12.3 Å². The number of thioether (sulfide) groups is 1. The molecule has 2 heterocycles. The number of ketones is 2. The number of aliphatic imine (C=N–C) groups is 1. The highest BCUT2D eigenvalue weighted by molar-refractivity contribution is 8.14. The fourth-order valence-corrected chi connectivity index (χ4v) is 2.62. The van der Waals surface area contributed by atoms with E-state index in [1.165, 1.54) is 0 Å². The number of nitrogens with zero attached hydrogens (tertiary/aromatic N) is 1. The van der Waals surface area contributed by atoms with Crippen LogP contribution < -0.4 is 0 Å². The topological polar surface area (TPSA) is 46.5 Å². The van der Waals surface area contributed by atoms with Gasteiger partial charge >= 0.3 is 0 Å². The van der Waals surface area contributed by atoms with E-state index in [0.29, 0.717) is 19.4 Å². The minimum absolute atomic E-state index is 0.0669. The van der Waals surface area contributed by atoms with Crippen LogP contribution in [0, 0.1) is 5.92 Å². The van der Waals surface area contributed by atoms with Crippen LogP contribution >= 0.6 is 11.8 Å². The van der Waals surface area contributed by atoms with Crippen molar-refractivity contribution in [1.82, 2.24) is 0 Å². The quantitative estimate of drug-likeness (QED) is 0.519. The lowest BCUT2D eigenvalue weighted by Crippen LogP contribution is -2.37. The molecule has 0 bridgehead atoms. The summed E-state index contributed by atoms with van der Waals surface area (Å²) < 4.78 is 0. The number of carbonyl (C=O) groups is 2. The summed E-state index contributed by atoms with van der Waals surface area (Å²) >= 11 is 1.56. The third-order valence-electron chi connectivity index (χ3n) is 2.12. The Bertz CT molecular complexity index is 272. The van der Waals surface area contributed by atoms with Crippen molar-refractivity contribution < 1.29 is 9.59 Å². The average molecular weight is 183 g/mol.